The van der Waals surface area contributed by atoms with Gasteiger partial charge in [-0.05, 0) is 44.0 Å². The van der Waals surface area contributed by atoms with Crippen molar-refractivity contribution in [2.45, 2.75) is 19.3 Å². The Labute approximate surface area is 146 Å². The van der Waals surface area contributed by atoms with Crippen LogP contribution >= 0.6 is 0 Å². The van der Waals surface area contributed by atoms with Gasteiger partial charge in [0.25, 0.3) is 5.91 Å². The summed E-state index contributed by atoms with van der Waals surface area (Å²) in [6.45, 7) is 3.42. The van der Waals surface area contributed by atoms with Crippen LogP contribution in [0.1, 0.15) is 29.6 Å². The van der Waals surface area contributed by atoms with Crippen LogP contribution in [0.3, 0.4) is 0 Å². The number of hydrogen-bond donors (Lipinski definition) is 2. The van der Waals surface area contributed by atoms with Crippen molar-refractivity contribution in [3.63, 3.8) is 0 Å². The highest BCUT2D eigenvalue weighted by Crippen LogP contribution is 2.35. The summed E-state index contributed by atoms with van der Waals surface area (Å²) in [4.78, 5) is 30.8. The quantitative estimate of drug-likeness (QED) is 0.873. The first-order valence-electron chi connectivity index (χ1n) is 8.81. The molecule has 0 aliphatic carbocycles. The molecule has 1 spiro atoms. The molecule has 2 aromatic rings. The van der Waals surface area contributed by atoms with E-state index in [1.807, 2.05) is 4.90 Å². The fourth-order valence-corrected chi connectivity index (χ4v) is 4.18. The number of ether oxygens (including phenoxy) is 1. The maximum atomic E-state index is 13.0. The van der Waals surface area contributed by atoms with Crippen LogP contribution < -0.4 is 15.5 Å². The molecule has 6 heteroatoms. The number of piperidine rings is 1. The molecule has 1 unspecified atom stereocenters. The van der Waals surface area contributed by atoms with Crippen LogP contribution in [0.4, 0.5) is 0 Å². The number of carbonyl (C=O) groups is 1. The smallest absolute Gasteiger partial charge is 0.259 e. The van der Waals surface area contributed by atoms with Crippen LogP contribution in [0, 0.1) is 5.41 Å². The van der Waals surface area contributed by atoms with Crippen LogP contribution in [0.15, 0.2) is 29.2 Å². The lowest BCUT2D eigenvalue weighted by molar-refractivity contribution is 0.0552. The zero-order chi connectivity index (χ0) is 17.4. The second-order valence-electron chi connectivity index (χ2n) is 7.20. The van der Waals surface area contributed by atoms with E-state index in [4.69, 9.17) is 4.74 Å². The second-order valence-corrected chi connectivity index (χ2v) is 7.20. The lowest BCUT2D eigenvalue weighted by Crippen LogP contribution is -2.48. The number of aromatic nitrogens is 1. The predicted molar refractivity (Wildman–Crippen MR) is 96.2 cm³/mol. The topological polar surface area (TPSA) is 74.4 Å². The number of hydrogen-bond acceptors (Lipinski definition) is 4. The molecule has 2 N–H and O–H groups in total. The van der Waals surface area contributed by atoms with Crippen molar-refractivity contribution in [1.29, 1.82) is 0 Å². The van der Waals surface area contributed by atoms with E-state index in [0.717, 1.165) is 45.4 Å². The highest BCUT2D eigenvalue weighted by molar-refractivity contribution is 5.97. The zero-order valence-corrected chi connectivity index (χ0v) is 14.4. The number of pyridine rings is 1. The number of H-pyrrole nitrogens is 1. The second kappa shape index (κ2) is 6.19. The maximum Gasteiger partial charge on any atom is 0.259 e. The zero-order valence-electron chi connectivity index (χ0n) is 14.4. The fourth-order valence-electron chi connectivity index (χ4n) is 4.18. The van der Waals surface area contributed by atoms with Crippen molar-refractivity contribution in [1.82, 2.24) is 15.2 Å². The van der Waals surface area contributed by atoms with Gasteiger partial charge in [-0.25, -0.2) is 0 Å². The Morgan fingerprint density at radius 2 is 2.20 bits per heavy atom. The molecule has 1 aromatic heterocycles. The molecular formula is C19H23N3O3. The molecular weight excluding hydrogens is 318 g/mol. The molecule has 0 radical (unpaired) electrons. The standard InChI is InChI=1S/C19H23N3O3/c1-25-13-3-4-16-14(9-13)17(23)15(10-21-16)18(24)22-8-2-5-19(12-22)6-7-20-11-19/h3-4,9-10,20H,2,5-8,11-12H2,1H3,(H,21,23). The van der Waals surface area contributed by atoms with Gasteiger partial charge in [0.1, 0.15) is 11.3 Å². The van der Waals surface area contributed by atoms with Crippen molar-refractivity contribution in [2.75, 3.05) is 33.3 Å². The monoisotopic (exact) mass is 341 g/mol. The molecule has 4 rings (SSSR count). The summed E-state index contributed by atoms with van der Waals surface area (Å²) in [6, 6.07) is 5.27. The summed E-state index contributed by atoms with van der Waals surface area (Å²) >= 11 is 0. The third-order valence-corrected chi connectivity index (χ3v) is 5.60. The first-order chi connectivity index (χ1) is 12.1. The molecule has 1 aromatic carbocycles. The van der Waals surface area contributed by atoms with Crippen molar-refractivity contribution in [3.05, 3.63) is 40.2 Å². The van der Waals surface area contributed by atoms with Crippen molar-refractivity contribution in [3.8, 4) is 5.75 Å². The number of fused-ring (bicyclic) bond motifs is 1. The number of aromatic amines is 1. The number of likely N-dealkylation sites (tertiary alicyclic amines) is 1. The van der Waals surface area contributed by atoms with E-state index in [9.17, 15) is 9.59 Å². The normalized spacial score (nSPS) is 23.3. The van der Waals surface area contributed by atoms with E-state index in [1.54, 1.807) is 31.5 Å². The van der Waals surface area contributed by atoms with E-state index in [2.05, 4.69) is 10.3 Å². The molecule has 2 aliphatic heterocycles. The molecule has 1 amide bonds. The number of amides is 1. The van der Waals surface area contributed by atoms with Crippen LogP contribution in [0.2, 0.25) is 0 Å². The first-order valence-corrected chi connectivity index (χ1v) is 8.81. The first kappa shape index (κ1) is 16.1. The highest BCUT2D eigenvalue weighted by atomic mass is 16.5. The molecule has 2 aliphatic rings. The van der Waals surface area contributed by atoms with Gasteiger partial charge in [0.15, 0.2) is 0 Å². The molecule has 25 heavy (non-hydrogen) atoms. The molecule has 3 heterocycles. The Kier molecular flexibility index (Phi) is 4.00. The number of benzene rings is 1. The largest absolute Gasteiger partial charge is 0.497 e. The Bertz CT molecular complexity index is 868. The average Bonchev–Trinajstić information content (AvgIpc) is 3.09. The van der Waals surface area contributed by atoms with Gasteiger partial charge in [0, 0.05) is 42.1 Å². The van der Waals surface area contributed by atoms with Crippen molar-refractivity contribution < 1.29 is 9.53 Å². The Morgan fingerprint density at radius 3 is 2.96 bits per heavy atom. The molecule has 132 valence electrons. The van der Waals surface area contributed by atoms with E-state index in [-0.39, 0.29) is 22.3 Å². The van der Waals surface area contributed by atoms with Crippen molar-refractivity contribution in [2.24, 2.45) is 5.41 Å². The summed E-state index contributed by atoms with van der Waals surface area (Å²) in [5.41, 5.74) is 0.865. The van der Waals surface area contributed by atoms with Crippen LogP contribution in [0.25, 0.3) is 10.9 Å². The van der Waals surface area contributed by atoms with Gasteiger partial charge in [0.05, 0.1) is 7.11 Å². The third kappa shape index (κ3) is 2.80. The molecule has 2 saturated heterocycles. The minimum absolute atomic E-state index is 0.169. The minimum atomic E-state index is -0.234. The Morgan fingerprint density at radius 1 is 1.32 bits per heavy atom. The lowest BCUT2D eigenvalue weighted by Gasteiger charge is -2.40. The van der Waals surface area contributed by atoms with Crippen LogP contribution in [-0.4, -0.2) is 49.1 Å². The third-order valence-electron chi connectivity index (χ3n) is 5.60. The highest BCUT2D eigenvalue weighted by Gasteiger charge is 2.39. The maximum absolute atomic E-state index is 13.0. The van der Waals surface area contributed by atoms with Gasteiger partial charge in [-0.3, -0.25) is 9.59 Å². The lowest BCUT2D eigenvalue weighted by atomic mass is 9.79. The van der Waals surface area contributed by atoms with Crippen LogP contribution in [0.5, 0.6) is 5.75 Å². The summed E-state index contributed by atoms with van der Waals surface area (Å²) in [5.74, 6) is 0.438. The molecule has 2 fully saturated rings. The summed E-state index contributed by atoms with van der Waals surface area (Å²) in [6.07, 6.45) is 4.79. The van der Waals surface area contributed by atoms with Gasteiger partial charge in [-0.2, -0.15) is 0 Å². The number of rotatable bonds is 2. The van der Waals surface area contributed by atoms with E-state index >= 15 is 0 Å². The average molecular weight is 341 g/mol. The summed E-state index contributed by atoms with van der Waals surface area (Å²) in [7, 11) is 1.56. The number of nitrogens with one attached hydrogen (secondary N) is 2. The predicted octanol–water partition coefficient (Wildman–Crippen LogP) is 1.75. The minimum Gasteiger partial charge on any atom is -0.497 e. The number of methoxy groups -OCH3 is 1. The number of carbonyl (C=O) groups excluding carboxylic acids is 1. The van der Waals surface area contributed by atoms with Gasteiger partial charge in [-0.1, -0.05) is 0 Å². The molecule has 1 atom stereocenters. The van der Waals surface area contributed by atoms with E-state index in [0.29, 0.717) is 16.7 Å². The Hall–Kier alpha value is -2.34. The van der Waals surface area contributed by atoms with Gasteiger partial charge in [-0.15, -0.1) is 0 Å². The van der Waals surface area contributed by atoms with Gasteiger partial charge in [0.2, 0.25) is 5.43 Å². The van der Waals surface area contributed by atoms with Crippen LogP contribution in [-0.2, 0) is 0 Å². The molecule has 0 bridgehead atoms. The SMILES string of the molecule is COc1ccc2[nH]cc(C(=O)N3CCCC4(CCNC4)C3)c(=O)c2c1. The fraction of sp³-hybridized carbons (Fsp3) is 0.474. The summed E-state index contributed by atoms with van der Waals surface area (Å²) < 4.78 is 5.20. The van der Waals surface area contributed by atoms with E-state index in [1.165, 1.54) is 0 Å². The van der Waals surface area contributed by atoms with Gasteiger partial charge >= 0.3 is 0 Å². The Balaban J connectivity index is 1.67. The summed E-state index contributed by atoms with van der Waals surface area (Å²) in [5, 5.41) is 3.90. The molecule has 0 saturated carbocycles. The number of nitrogens with zero attached hydrogens (tertiary/aromatic N) is 1. The van der Waals surface area contributed by atoms with Crippen molar-refractivity contribution >= 4 is 16.8 Å². The van der Waals surface area contributed by atoms with E-state index < -0.39 is 0 Å². The van der Waals surface area contributed by atoms with Gasteiger partial charge < -0.3 is 19.9 Å². The molecule has 6 nitrogen and oxygen atoms in total.